The highest BCUT2D eigenvalue weighted by atomic mass is 16.5. The smallest absolute Gasteiger partial charge is 0.521 e. The number of fused-ring (bicyclic) bond motifs is 2. The van der Waals surface area contributed by atoms with Crippen LogP contribution in [0, 0.1) is 0 Å². The average molecular weight is 558 g/mol. The summed E-state index contributed by atoms with van der Waals surface area (Å²) < 4.78 is 17.1. The molecule has 6 rings (SSSR count). The quantitative estimate of drug-likeness (QED) is 0.376. The average Bonchev–Trinajstić information content (AvgIpc) is 3.05. The molecule has 0 radical (unpaired) electrons. The van der Waals surface area contributed by atoms with Crippen LogP contribution in [0.2, 0.25) is 0 Å². The number of para-hydroxylation sites is 1. The second-order valence-corrected chi connectivity index (χ2v) is 9.44. The van der Waals surface area contributed by atoms with Crippen LogP contribution in [0.25, 0.3) is 0 Å². The van der Waals surface area contributed by atoms with E-state index in [1.165, 1.54) is 19.1 Å². The number of benzene rings is 4. The van der Waals surface area contributed by atoms with Crippen molar-refractivity contribution in [2.75, 3.05) is 14.2 Å². The summed E-state index contributed by atoms with van der Waals surface area (Å²) in [6, 6.07) is 27.6. The Morgan fingerprint density at radius 1 is 0.762 bits per heavy atom. The number of rotatable bonds is 5. The Hall–Kier alpha value is -5.35. The lowest BCUT2D eigenvalue weighted by Gasteiger charge is -2.32. The van der Waals surface area contributed by atoms with Crippen LogP contribution in [0.1, 0.15) is 31.8 Å². The van der Waals surface area contributed by atoms with Crippen molar-refractivity contribution in [1.82, 2.24) is 9.84 Å². The molecular formula is C30H24B2N4O6. The Bertz CT molecular complexity index is 1730. The maximum atomic E-state index is 13.8. The minimum absolute atomic E-state index is 0.0347. The number of nitrogens with zero attached hydrogens (tertiary/aromatic N) is 4. The van der Waals surface area contributed by atoms with E-state index < -0.39 is 25.9 Å². The van der Waals surface area contributed by atoms with Gasteiger partial charge in [-0.15, -0.1) is 5.10 Å². The number of carbonyl (C=O) groups excluding carboxylic acids is 2. The zero-order chi connectivity index (χ0) is 29.2. The monoisotopic (exact) mass is 558 g/mol. The van der Waals surface area contributed by atoms with Crippen molar-refractivity contribution in [1.29, 1.82) is 0 Å². The predicted octanol–water partition coefficient (Wildman–Crippen LogP) is 2.11. The van der Waals surface area contributed by atoms with Gasteiger partial charge in [-0.05, 0) is 59.0 Å². The van der Waals surface area contributed by atoms with Crippen molar-refractivity contribution in [3.63, 3.8) is 0 Å². The van der Waals surface area contributed by atoms with E-state index in [0.29, 0.717) is 33.6 Å². The summed E-state index contributed by atoms with van der Waals surface area (Å²) in [7, 11) is 0.600. The Labute approximate surface area is 242 Å². The zero-order valence-corrected chi connectivity index (χ0v) is 22.7. The summed E-state index contributed by atoms with van der Waals surface area (Å²) in [4.78, 5) is 29.6. The first-order valence-electron chi connectivity index (χ1n) is 13.1. The third kappa shape index (κ3) is 4.77. The van der Waals surface area contributed by atoms with Gasteiger partial charge >= 0.3 is 14.1 Å². The molecule has 12 heteroatoms. The summed E-state index contributed by atoms with van der Waals surface area (Å²) >= 11 is 0. The third-order valence-corrected chi connectivity index (χ3v) is 7.02. The van der Waals surface area contributed by atoms with Crippen molar-refractivity contribution < 1.29 is 28.7 Å². The number of carbonyl (C=O) groups is 2. The van der Waals surface area contributed by atoms with E-state index in [4.69, 9.17) is 14.1 Å². The lowest BCUT2D eigenvalue weighted by atomic mass is 9.67. The maximum Gasteiger partial charge on any atom is 0.545 e. The molecule has 0 atom stereocenters. The summed E-state index contributed by atoms with van der Waals surface area (Å²) in [5, 5.41) is 20.1. The molecule has 0 spiro atoms. The van der Waals surface area contributed by atoms with Gasteiger partial charge in [0.25, 0.3) is 11.8 Å². The molecule has 1 N–H and O–H groups in total. The fourth-order valence-corrected chi connectivity index (χ4v) is 4.86. The fourth-order valence-electron chi connectivity index (χ4n) is 4.86. The van der Waals surface area contributed by atoms with Gasteiger partial charge in [0, 0.05) is 11.1 Å². The number of methoxy groups -OCH3 is 2. The minimum Gasteiger partial charge on any atom is -0.521 e. The van der Waals surface area contributed by atoms with Crippen LogP contribution in [0.4, 0.5) is 0 Å². The molecule has 2 aliphatic rings. The van der Waals surface area contributed by atoms with Crippen molar-refractivity contribution in [2.24, 2.45) is 10.2 Å². The van der Waals surface area contributed by atoms with Crippen LogP contribution in [-0.4, -0.2) is 67.1 Å². The Morgan fingerprint density at radius 2 is 1.45 bits per heavy atom. The largest absolute Gasteiger partial charge is 0.545 e. The summed E-state index contributed by atoms with van der Waals surface area (Å²) in [5.41, 5.74) is 2.89. The first kappa shape index (κ1) is 26.9. The van der Waals surface area contributed by atoms with Crippen molar-refractivity contribution >= 4 is 49.0 Å². The van der Waals surface area contributed by atoms with Gasteiger partial charge in [-0.25, -0.2) is 9.84 Å². The Balaban J connectivity index is 1.42. The molecule has 0 aliphatic carbocycles. The lowest BCUT2D eigenvalue weighted by Crippen LogP contribution is -2.58. The molecule has 10 nitrogen and oxygen atoms in total. The van der Waals surface area contributed by atoms with Crippen molar-refractivity contribution in [3.05, 3.63) is 119 Å². The van der Waals surface area contributed by atoms with Gasteiger partial charge in [0.2, 0.25) is 5.90 Å². The maximum absolute atomic E-state index is 13.8. The molecule has 0 fully saturated rings. The van der Waals surface area contributed by atoms with Gasteiger partial charge < -0.3 is 19.2 Å². The highest BCUT2D eigenvalue weighted by molar-refractivity contribution is 6.72. The lowest BCUT2D eigenvalue weighted by molar-refractivity contribution is 0.0827. The van der Waals surface area contributed by atoms with Gasteiger partial charge in [-0.3, -0.25) is 9.59 Å². The highest BCUT2D eigenvalue weighted by Gasteiger charge is 2.43. The molecule has 0 saturated carbocycles. The van der Waals surface area contributed by atoms with E-state index in [1.54, 1.807) is 79.0 Å². The second kappa shape index (κ2) is 11.3. The van der Waals surface area contributed by atoms with Crippen molar-refractivity contribution in [3.8, 4) is 11.5 Å². The van der Waals surface area contributed by atoms with Gasteiger partial charge in [-0.1, -0.05) is 54.6 Å². The summed E-state index contributed by atoms with van der Waals surface area (Å²) in [6.45, 7) is 0. The van der Waals surface area contributed by atoms with E-state index in [2.05, 4.69) is 10.2 Å². The van der Waals surface area contributed by atoms with Crippen LogP contribution in [0.15, 0.2) is 107 Å². The number of hydrogen-bond acceptors (Lipinski definition) is 8. The molecule has 0 aromatic heterocycles. The first-order chi connectivity index (χ1) is 20.5. The van der Waals surface area contributed by atoms with E-state index in [-0.39, 0.29) is 11.5 Å². The number of amides is 2. The third-order valence-electron chi connectivity index (χ3n) is 7.02. The minimum atomic E-state index is -1.37. The van der Waals surface area contributed by atoms with E-state index >= 15 is 0 Å². The van der Waals surface area contributed by atoms with Crippen molar-refractivity contribution in [2.45, 2.75) is 0 Å². The number of ether oxygens (including phenoxy) is 2. The van der Waals surface area contributed by atoms with Gasteiger partial charge in [-0.2, -0.15) is 5.10 Å². The van der Waals surface area contributed by atoms with Gasteiger partial charge in [0.15, 0.2) is 0 Å². The van der Waals surface area contributed by atoms with E-state index in [1.807, 2.05) is 24.3 Å². The van der Waals surface area contributed by atoms with Gasteiger partial charge in [0.1, 0.15) is 11.5 Å². The summed E-state index contributed by atoms with van der Waals surface area (Å²) in [5.74, 6) is -0.00801. The van der Waals surface area contributed by atoms with Gasteiger partial charge in [0.05, 0.1) is 26.0 Å². The predicted molar refractivity (Wildman–Crippen MR) is 159 cm³/mol. The van der Waals surface area contributed by atoms with Crippen LogP contribution in [-0.2, 0) is 4.65 Å². The molecule has 4 aromatic carbocycles. The molecule has 2 amide bonds. The molecule has 2 heterocycles. The van der Waals surface area contributed by atoms with Crippen LogP contribution >= 0.6 is 0 Å². The molecule has 0 bridgehead atoms. The zero-order valence-electron chi connectivity index (χ0n) is 22.7. The first-order valence-corrected chi connectivity index (χ1v) is 13.1. The SMILES string of the molecule is COc1ccc(C(=O)N2N=C(OB3c4ccccc4C=NN3C(=O)c3ccccc3OC)c3ccccc3B2O)cc1. The van der Waals surface area contributed by atoms with Crippen LogP contribution in [0.3, 0.4) is 0 Å². The second-order valence-electron chi connectivity index (χ2n) is 9.44. The highest BCUT2D eigenvalue weighted by Crippen LogP contribution is 2.23. The molecule has 0 saturated heterocycles. The van der Waals surface area contributed by atoms with Crippen LogP contribution in [0.5, 0.6) is 11.5 Å². The Kier molecular flexibility index (Phi) is 7.20. The number of hydrazone groups is 2. The van der Waals surface area contributed by atoms with E-state index in [0.717, 1.165) is 10.5 Å². The van der Waals surface area contributed by atoms with Crippen LogP contribution < -0.4 is 20.4 Å². The Morgan fingerprint density at radius 3 is 2.21 bits per heavy atom. The summed E-state index contributed by atoms with van der Waals surface area (Å²) in [6.07, 6.45) is 1.59. The normalized spacial score (nSPS) is 13.6. The number of hydrogen-bond donors (Lipinski definition) is 1. The molecule has 0 unspecified atom stereocenters. The standard InChI is InChI=1S/C30H24B2N4O6/c1-40-22-17-15-20(16-18-22)29(37)35-31(39)26-13-7-4-10-23(26)28(34-35)42-32-25-12-6-3-9-21(25)19-33-36(32)30(38)24-11-5-8-14-27(24)41-2/h3-19,39H,1-2H3. The fraction of sp³-hybridized carbons (Fsp3) is 0.0667. The topological polar surface area (TPSA) is 113 Å². The molecule has 42 heavy (non-hydrogen) atoms. The molecule has 2 aliphatic heterocycles. The van der Waals surface area contributed by atoms with E-state index in [9.17, 15) is 14.6 Å². The molecule has 4 aromatic rings. The molecular weight excluding hydrogens is 534 g/mol. The molecule has 206 valence electrons.